The molecule has 1 saturated heterocycles. The van der Waals surface area contributed by atoms with Gasteiger partial charge in [-0.25, -0.2) is 4.98 Å². The van der Waals surface area contributed by atoms with E-state index in [9.17, 15) is 14.9 Å². The minimum Gasteiger partial charge on any atom is -0.354 e. The van der Waals surface area contributed by atoms with E-state index in [1.54, 1.807) is 12.3 Å². The lowest BCUT2D eigenvalue weighted by Gasteiger charge is -2.17. The number of aromatic nitrogens is 2. The molecule has 0 bridgehead atoms. The van der Waals surface area contributed by atoms with Gasteiger partial charge in [0.15, 0.2) is 0 Å². The molecule has 4 aromatic rings. The molecule has 202 valence electrons. The Hall–Kier alpha value is -4.76. The number of carbonyl (C=O) groups is 1. The summed E-state index contributed by atoms with van der Waals surface area (Å²) in [4.78, 5) is 31.3. The van der Waals surface area contributed by atoms with Crippen molar-refractivity contribution in [1.82, 2.24) is 14.5 Å². The van der Waals surface area contributed by atoms with Crippen LogP contribution in [0.25, 0.3) is 22.7 Å². The van der Waals surface area contributed by atoms with Crippen molar-refractivity contribution in [1.29, 1.82) is 0 Å². The number of nitro benzene ring substituents is 1. The monoisotopic (exact) mass is 534 g/mol. The average molecular weight is 535 g/mol. The number of nitro groups is 1. The topological polar surface area (TPSA) is 105 Å². The molecule has 0 atom stereocenters. The van der Waals surface area contributed by atoms with Gasteiger partial charge >= 0.3 is 0 Å². The molecular formula is C31H30N6O3. The second kappa shape index (κ2) is 10.8. The summed E-state index contributed by atoms with van der Waals surface area (Å²) in [5, 5.41) is 17.9. The quantitative estimate of drug-likeness (QED) is 0.174. The summed E-state index contributed by atoms with van der Waals surface area (Å²) in [5.74, 6) is 0.548. The Morgan fingerprint density at radius 1 is 1.05 bits per heavy atom. The number of nitrogens with one attached hydrogen (secondary N) is 2. The second-order valence-corrected chi connectivity index (χ2v) is 10.3. The Morgan fingerprint density at radius 3 is 2.48 bits per heavy atom. The van der Waals surface area contributed by atoms with Gasteiger partial charge in [-0.2, -0.15) is 0 Å². The standard InChI is InChI=1S/C31H30N6O3/c1-35-19-15-32-30(35)23-8-10-24(11-9-23)33-29(22-6-4-21(5-7-22)14-18-36-16-2-3-17-36)28-26-20-25(37(39)40)12-13-27(26)34-31(28)38/h4-13,15,19-20,33H,2-3,14,16-18H2,1H3,(H,34,38). The van der Waals surface area contributed by atoms with Crippen LogP contribution in [0.5, 0.6) is 0 Å². The molecule has 0 radical (unpaired) electrons. The van der Waals surface area contributed by atoms with Gasteiger partial charge in [0.05, 0.1) is 16.2 Å². The van der Waals surface area contributed by atoms with Gasteiger partial charge in [-0.05, 0) is 73.8 Å². The maximum absolute atomic E-state index is 13.3. The highest BCUT2D eigenvalue weighted by Gasteiger charge is 2.30. The van der Waals surface area contributed by atoms with E-state index in [-0.39, 0.29) is 11.6 Å². The summed E-state index contributed by atoms with van der Waals surface area (Å²) in [6, 6.07) is 20.5. The van der Waals surface area contributed by atoms with Crippen molar-refractivity contribution in [2.75, 3.05) is 30.3 Å². The van der Waals surface area contributed by atoms with Crippen molar-refractivity contribution in [2.24, 2.45) is 7.05 Å². The number of hydrogen-bond acceptors (Lipinski definition) is 6. The fraction of sp³-hybridized carbons (Fsp3) is 0.226. The van der Waals surface area contributed by atoms with Crippen LogP contribution in [0.3, 0.4) is 0 Å². The van der Waals surface area contributed by atoms with Crippen LogP contribution in [0.4, 0.5) is 17.1 Å². The predicted octanol–water partition coefficient (Wildman–Crippen LogP) is 5.57. The summed E-state index contributed by atoms with van der Waals surface area (Å²) in [5.41, 5.74) is 5.75. The van der Waals surface area contributed by atoms with Gasteiger partial charge in [0.25, 0.3) is 11.6 Å². The zero-order valence-electron chi connectivity index (χ0n) is 22.3. The van der Waals surface area contributed by atoms with Gasteiger partial charge < -0.3 is 20.1 Å². The summed E-state index contributed by atoms with van der Waals surface area (Å²) >= 11 is 0. The van der Waals surface area contributed by atoms with Crippen LogP contribution in [-0.2, 0) is 18.3 Å². The van der Waals surface area contributed by atoms with Crippen LogP contribution >= 0.6 is 0 Å². The van der Waals surface area contributed by atoms with E-state index in [1.807, 2.05) is 54.2 Å². The third-order valence-corrected chi connectivity index (χ3v) is 7.60. The van der Waals surface area contributed by atoms with E-state index in [2.05, 4.69) is 32.7 Å². The summed E-state index contributed by atoms with van der Waals surface area (Å²) in [7, 11) is 1.95. The maximum Gasteiger partial charge on any atom is 0.270 e. The van der Waals surface area contributed by atoms with Crippen molar-refractivity contribution < 1.29 is 9.72 Å². The number of benzene rings is 3. The van der Waals surface area contributed by atoms with E-state index < -0.39 is 4.92 Å². The van der Waals surface area contributed by atoms with Crippen molar-refractivity contribution in [2.45, 2.75) is 19.3 Å². The number of non-ortho nitro benzene ring substituents is 1. The molecule has 0 unspecified atom stereocenters. The first kappa shape index (κ1) is 25.5. The van der Waals surface area contributed by atoms with Crippen LogP contribution in [0.15, 0.2) is 79.1 Å². The molecule has 3 aromatic carbocycles. The van der Waals surface area contributed by atoms with Crippen molar-refractivity contribution in [3.63, 3.8) is 0 Å². The van der Waals surface area contributed by atoms with Gasteiger partial charge in [-0.3, -0.25) is 14.9 Å². The van der Waals surface area contributed by atoms with Crippen LogP contribution < -0.4 is 10.6 Å². The Kier molecular flexibility index (Phi) is 6.88. The smallest absolute Gasteiger partial charge is 0.270 e. The summed E-state index contributed by atoms with van der Waals surface area (Å²) in [6.45, 7) is 3.36. The molecule has 1 amide bonds. The van der Waals surface area contributed by atoms with E-state index >= 15 is 0 Å². The highest BCUT2D eigenvalue weighted by molar-refractivity contribution is 6.37. The molecule has 2 aliphatic heterocycles. The predicted molar refractivity (Wildman–Crippen MR) is 157 cm³/mol. The van der Waals surface area contributed by atoms with Crippen molar-refractivity contribution in [3.8, 4) is 11.4 Å². The van der Waals surface area contributed by atoms with Crippen LogP contribution in [0.2, 0.25) is 0 Å². The number of nitrogens with zero attached hydrogens (tertiary/aromatic N) is 4. The summed E-state index contributed by atoms with van der Waals surface area (Å²) < 4.78 is 1.95. The third-order valence-electron chi connectivity index (χ3n) is 7.60. The molecule has 9 nitrogen and oxygen atoms in total. The fourth-order valence-corrected chi connectivity index (χ4v) is 5.42. The lowest BCUT2D eigenvalue weighted by atomic mass is 9.98. The molecule has 0 saturated carbocycles. The number of carbonyl (C=O) groups excluding carboxylic acids is 1. The lowest BCUT2D eigenvalue weighted by Crippen LogP contribution is -2.21. The zero-order valence-corrected chi connectivity index (χ0v) is 22.3. The number of aryl methyl sites for hydroxylation is 1. The van der Waals surface area contributed by atoms with E-state index in [4.69, 9.17) is 0 Å². The molecular weight excluding hydrogens is 504 g/mol. The van der Waals surface area contributed by atoms with Crippen molar-refractivity contribution >= 4 is 34.2 Å². The van der Waals surface area contributed by atoms with E-state index in [0.29, 0.717) is 22.5 Å². The van der Waals surface area contributed by atoms with Crippen LogP contribution in [0, 0.1) is 10.1 Å². The molecule has 3 heterocycles. The third kappa shape index (κ3) is 5.11. The number of amides is 1. The number of likely N-dealkylation sites (tertiary alicyclic amines) is 1. The van der Waals surface area contributed by atoms with Crippen LogP contribution in [-0.4, -0.2) is 44.9 Å². The number of hydrogen-bond donors (Lipinski definition) is 2. The zero-order chi connectivity index (χ0) is 27.6. The summed E-state index contributed by atoms with van der Waals surface area (Å²) in [6.07, 6.45) is 7.16. The molecule has 9 heteroatoms. The number of fused-ring (bicyclic) bond motifs is 1. The van der Waals surface area contributed by atoms with Gasteiger partial charge in [0, 0.05) is 60.6 Å². The molecule has 2 N–H and O–H groups in total. The number of rotatable bonds is 8. The number of imidazole rings is 1. The highest BCUT2D eigenvalue weighted by atomic mass is 16.6. The van der Waals surface area contributed by atoms with Gasteiger partial charge in [-0.1, -0.05) is 24.3 Å². The fourth-order valence-electron chi connectivity index (χ4n) is 5.42. The first-order valence-electron chi connectivity index (χ1n) is 13.5. The minimum absolute atomic E-state index is 0.0659. The molecule has 2 aliphatic rings. The largest absolute Gasteiger partial charge is 0.354 e. The van der Waals surface area contributed by atoms with Gasteiger partial charge in [0.1, 0.15) is 5.82 Å². The molecule has 0 aliphatic carbocycles. The van der Waals surface area contributed by atoms with Gasteiger partial charge in [0.2, 0.25) is 0 Å². The van der Waals surface area contributed by atoms with E-state index in [1.165, 1.54) is 30.5 Å². The lowest BCUT2D eigenvalue weighted by molar-refractivity contribution is -0.384. The van der Waals surface area contributed by atoms with E-state index in [0.717, 1.165) is 48.7 Å². The van der Waals surface area contributed by atoms with Crippen molar-refractivity contribution in [3.05, 3.63) is 106 Å². The Morgan fingerprint density at radius 2 is 1.80 bits per heavy atom. The Labute approximate surface area is 232 Å². The average Bonchev–Trinajstić information content (AvgIpc) is 3.71. The first-order valence-corrected chi connectivity index (χ1v) is 13.5. The normalized spacial score (nSPS) is 16.1. The van der Waals surface area contributed by atoms with Crippen LogP contribution in [0.1, 0.15) is 29.5 Å². The minimum atomic E-state index is -0.445. The SMILES string of the molecule is Cn1ccnc1-c1ccc(NC(=C2C(=O)Nc3ccc([N+](=O)[O-])cc32)c2ccc(CCN3CCCC3)cc2)cc1. The van der Waals surface area contributed by atoms with Gasteiger partial charge in [-0.15, -0.1) is 0 Å². The molecule has 0 spiro atoms. The Balaban J connectivity index is 1.37. The molecule has 1 aromatic heterocycles. The first-order chi connectivity index (χ1) is 19.5. The maximum atomic E-state index is 13.3. The molecule has 40 heavy (non-hydrogen) atoms. The number of anilines is 2. The Bertz CT molecular complexity index is 1600. The highest BCUT2D eigenvalue weighted by Crippen LogP contribution is 2.39. The second-order valence-electron chi connectivity index (χ2n) is 10.3. The molecule has 1 fully saturated rings. The molecule has 6 rings (SSSR count).